The second-order valence-corrected chi connectivity index (χ2v) is 4.38. The fourth-order valence-corrected chi connectivity index (χ4v) is 1.88. The Hall–Kier alpha value is -1.53. The topological polar surface area (TPSA) is 52.6 Å². The highest BCUT2D eigenvalue weighted by molar-refractivity contribution is 5.78. The van der Waals surface area contributed by atoms with Crippen LogP contribution in [0.15, 0.2) is 18.2 Å². The van der Waals surface area contributed by atoms with Crippen LogP contribution in [0.5, 0.6) is 0 Å². The minimum atomic E-state index is -1.20. The zero-order valence-electron chi connectivity index (χ0n) is 11.7. The Bertz CT molecular complexity index is 451. The number of halogens is 2. The number of hydrogen-bond donors (Lipinski definition) is 2. The van der Waals surface area contributed by atoms with E-state index in [4.69, 9.17) is 0 Å². The van der Waals surface area contributed by atoms with E-state index in [0.717, 1.165) is 18.2 Å². The van der Waals surface area contributed by atoms with Crippen LogP contribution in [-0.2, 0) is 4.79 Å². The summed E-state index contributed by atoms with van der Waals surface area (Å²) in [6.07, 6.45) is -1.20. The zero-order valence-corrected chi connectivity index (χ0v) is 11.7. The van der Waals surface area contributed by atoms with Crippen molar-refractivity contribution in [2.45, 2.75) is 20.0 Å². The number of benzene rings is 1. The highest BCUT2D eigenvalue weighted by Crippen LogP contribution is 2.17. The molecule has 0 spiro atoms. The minimum absolute atomic E-state index is 0.0205. The van der Waals surface area contributed by atoms with Crippen molar-refractivity contribution < 1.29 is 18.7 Å². The lowest BCUT2D eigenvalue weighted by atomic mass is 10.1. The molecular weight excluding hydrogens is 266 g/mol. The van der Waals surface area contributed by atoms with Crippen LogP contribution < -0.4 is 5.32 Å². The third-order valence-corrected chi connectivity index (χ3v) is 3.05. The summed E-state index contributed by atoms with van der Waals surface area (Å²) in [5.41, 5.74) is -0.118. The second kappa shape index (κ2) is 7.91. The molecule has 1 aromatic carbocycles. The van der Waals surface area contributed by atoms with E-state index in [1.165, 1.54) is 0 Å². The highest BCUT2D eigenvalue weighted by atomic mass is 19.1. The molecule has 2 N–H and O–H groups in total. The monoisotopic (exact) mass is 286 g/mol. The summed E-state index contributed by atoms with van der Waals surface area (Å²) in [5, 5.41) is 12.5. The number of amides is 1. The summed E-state index contributed by atoms with van der Waals surface area (Å²) in [7, 11) is 0. The number of rotatable bonds is 7. The van der Waals surface area contributed by atoms with Gasteiger partial charge in [0.05, 0.1) is 12.6 Å². The maximum absolute atomic E-state index is 13.4. The predicted octanol–water partition coefficient (Wildman–Crippen LogP) is 1.46. The molecule has 1 amide bonds. The number of aliphatic hydroxyl groups excluding tert-OH is 1. The maximum Gasteiger partial charge on any atom is 0.236 e. The Balaban J connectivity index is 2.49. The van der Waals surface area contributed by atoms with Crippen LogP contribution >= 0.6 is 0 Å². The molecule has 1 unspecified atom stereocenters. The molecule has 0 saturated heterocycles. The Morgan fingerprint density at radius 3 is 2.60 bits per heavy atom. The standard InChI is InChI=1S/C14H20F2N2O2/c1-3-18(4-2)14(20)9-17-8-13(19)11-7-10(15)5-6-12(11)16/h5-7,13,17,19H,3-4,8-9H2,1-2H3. The van der Waals surface area contributed by atoms with E-state index in [1.54, 1.807) is 4.90 Å². The van der Waals surface area contributed by atoms with E-state index >= 15 is 0 Å². The third kappa shape index (κ3) is 4.54. The van der Waals surface area contributed by atoms with Gasteiger partial charge in [-0.15, -0.1) is 0 Å². The van der Waals surface area contributed by atoms with E-state index in [-0.39, 0.29) is 24.6 Å². The van der Waals surface area contributed by atoms with Crippen molar-refractivity contribution in [3.8, 4) is 0 Å². The van der Waals surface area contributed by atoms with E-state index in [0.29, 0.717) is 13.1 Å². The van der Waals surface area contributed by atoms with Crippen LogP contribution in [0.3, 0.4) is 0 Å². The molecule has 0 aromatic heterocycles. The molecule has 1 atom stereocenters. The number of hydrogen-bond acceptors (Lipinski definition) is 3. The average molecular weight is 286 g/mol. The quantitative estimate of drug-likeness (QED) is 0.798. The smallest absolute Gasteiger partial charge is 0.236 e. The van der Waals surface area contributed by atoms with Gasteiger partial charge in [0.25, 0.3) is 0 Å². The van der Waals surface area contributed by atoms with Gasteiger partial charge in [0, 0.05) is 25.2 Å². The van der Waals surface area contributed by atoms with E-state index in [1.807, 2.05) is 13.8 Å². The first kappa shape index (κ1) is 16.5. The molecule has 0 heterocycles. The lowest BCUT2D eigenvalue weighted by Gasteiger charge is -2.19. The van der Waals surface area contributed by atoms with Gasteiger partial charge in [-0.2, -0.15) is 0 Å². The summed E-state index contributed by atoms with van der Waals surface area (Å²) in [4.78, 5) is 13.3. The number of carbonyl (C=O) groups is 1. The molecule has 20 heavy (non-hydrogen) atoms. The van der Waals surface area contributed by atoms with E-state index in [2.05, 4.69) is 5.32 Å². The lowest BCUT2D eigenvalue weighted by Crippen LogP contribution is -2.39. The molecule has 4 nitrogen and oxygen atoms in total. The average Bonchev–Trinajstić information content (AvgIpc) is 2.42. The number of aliphatic hydroxyl groups is 1. The van der Waals surface area contributed by atoms with Crippen LogP contribution in [-0.4, -0.2) is 42.1 Å². The molecule has 0 aliphatic carbocycles. The van der Waals surface area contributed by atoms with Crippen molar-refractivity contribution >= 4 is 5.91 Å². The molecular formula is C14H20F2N2O2. The molecule has 6 heteroatoms. The molecule has 112 valence electrons. The van der Waals surface area contributed by atoms with Gasteiger partial charge >= 0.3 is 0 Å². The number of carbonyl (C=O) groups excluding carboxylic acids is 1. The van der Waals surface area contributed by atoms with Gasteiger partial charge < -0.3 is 15.3 Å². The van der Waals surface area contributed by atoms with Crippen molar-refractivity contribution in [1.29, 1.82) is 0 Å². The maximum atomic E-state index is 13.4. The molecule has 0 saturated carbocycles. The van der Waals surface area contributed by atoms with E-state index in [9.17, 15) is 18.7 Å². The summed E-state index contributed by atoms with van der Waals surface area (Å²) < 4.78 is 26.4. The summed E-state index contributed by atoms with van der Waals surface area (Å²) >= 11 is 0. The lowest BCUT2D eigenvalue weighted by molar-refractivity contribution is -0.129. The molecule has 1 aromatic rings. The largest absolute Gasteiger partial charge is 0.387 e. The zero-order chi connectivity index (χ0) is 15.1. The van der Waals surface area contributed by atoms with Crippen LogP contribution in [0, 0.1) is 11.6 Å². The minimum Gasteiger partial charge on any atom is -0.387 e. The molecule has 0 bridgehead atoms. The summed E-state index contributed by atoms with van der Waals surface area (Å²) in [5.74, 6) is -1.38. The second-order valence-electron chi connectivity index (χ2n) is 4.38. The first-order chi connectivity index (χ1) is 9.49. The van der Waals surface area contributed by atoms with Gasteiger partial charge in [0.2, 0.25) is 5.91 Å². The van der Waals surface area contributed by atoms with Crippen molar-refractivity contribution in [3.63, 3.8) is 0 Å². The molecule has 1 rings (SSSR count). The van der Waals surface area contributed by atoms with Gasteiger partial charge in [0.1, 0.15) is 11.6 Å². The van der Waals surface area contributed by atoms with Gasteiger partial charge in [-0.1, -0.05) is 0 Å². The van der Waals surface area contributed by atoms with Gasteiger partial charge in [-0.05, 0) is 32.0 Å². The number of nitrogens with zero attached hydrogens (tertiary/aromatic N) is 1. The molecule has 0 fully saturated rings. The SMILES string of the molecule is CCN(CC)C(=O)CNCC(O)c1cc(F)ccc1F. The van der Waals surface area contributed by atoms with Crippen molar-refractivity contribution in [1.82, 2.24) is 10.2 Å². The summed E-state index contributed by atoms with van der Waals surface area (Å²) in [6.45, 7) is 5.00. The van der Waals surface area contributed by atoms with Crippen LogP contribution in [0.1, 0.15) is 25.5 Å². The van der Waals surface area contributed by atoms with Crippen LogP contribution in [0.2, 0.25) is 0 Å². The molecule has 0 aliphatic heterocycles. The number of likely N-dealkylation sites (N-methyl/N-ethyl adjacent to an activating group) is 1. The van der Waals surface area contributed by atoms with Crippen molar-refractivity contribution in [3.05, 3.63) is 35.4 Å². The Labute approximate surface area is 117 Å². The third-order valence-electron chi connectivity index (χ3n) is 3.05. The molecule has 0 radical (unpaired) electrons. The summed E-state index contributed by atoms with van der Waals surface area (Å²) in [6, 6.07) is 2.91. The van der Waals surface area contributed by atoms with Crippen molar-refractivity contribution in [2.24, 2.45) is 0 Å². The van der Waals surface area contributed by atoms with Crippen LogP contribution in [0.4, 0.5) is 8.78 Å². The van der Waals surface area contributed by atoms with Gasteiger partial charge in [0.15, 0.2) is 0 Å². The Kier molecular flexibility index (Phi) is 6.54. The normalized spacial score (nSPS) is 12.2. The number of nitrogens with one attached hydrogen (secondary N) is 1. The predicted molar refractivity (Wildman–Crippen MR) is 72.1 cm³/mol. The van der Waals surface area contributed by atoms with Gasteiger partial charge in [-0.25, -0.2) is 8.78 Å². The fraction of sp³-hybridized carbons (Fsp3) is 0.500. The Morgan fingerprint density at radius 1 is 1.35 bits per heavy atom. The highest BCUT2D eigenvalue weighted by Gasteiger charge is 2.15. The fourth-order valence-electron chi connectivity index (χ4n) is 1.88. The Morgan fingerprint density at radius 2 is 2.00 bits per heavy atom. The first-order valence-corrected chi connectivity index (χ1v) is 6.61. The van der Waals surface area contributed by atoms with Crippen molar-refractivity contribution in [2.75, 3.05) is 26.2 Å². The van der Waals surface area contributed by atoms with Crippen LogP contribution in [0.25, 0.3) is 0 Å². The van der Waals surface area contributed by atoms with Gasteiger partial charge in [-0.3, -0.25) is 4.79 Å². The molecule has 0 aliphatic rings. The first-order valence-electron chi connectivity index (χ1n) is 6.61. The van der Waals surface area contributed by atoms with E-state index < -0.39 is 17.7 Å².